The minimum atomic E-state index is -1.07. The van der Waals surface area contributed by atoms with Crippen LogP contribution in [-0.4, -0.2) is 11.1 Å². The molecular weight excluding hydrogens is 266 g/mol. The Morgan fingerprint density at radius 2 is 2.00 bits per heavy atom. The highest BCUT2D eigenvalue weighted by molar-refractivity contribution is 6.31. The predicted octanol–water partition coefficient (Wildman–Crippen LogP) is 3.70. The molecule has 19 heavy (non-hydrogen) atoms. The zero-order chi connectivity index (χ0) is 13.8. The van der Waals surface area contributed by atoms with E-state index in [1.165, 1.54) is 18.2 Å². The van der Waals surface area contributed by atoms with Crippen molar-refractivity contribution < 1.29 is 14.6 Å². The fraction of sp³-hybridized carbons (Fsp3) is 0. The first-order chi connectivity index (χ1) is 9.11. The second kappa shape index (κ2) is 5.42. The molecule has 0 aromatic heterocycles. The average molecular weight is 274 g/mol. The molecule has 0 heterocycles. The lowest BCUT2D eigenvalue weighted by Gasteiger charge is -2.09. The van der Waals surface area contributed by atoms with Crippen molar-refractivity contribution in [3.63, 3.8) is 0 Å². The molecule has 0 amide bonds. The molecule has 0 aliphatic carbocycles. The molecule has 0 spiro atoms. The van der Waals surface area contributed by atoms with Gasteiger partial charge in [-0.15, -0.1) is 0 Å². The van der Waals surface area contributed by atoms with Gasteiger partial charge in [-0.3, -0.25) is 0 Å². The molecule has 0 atom stereocenters. The summed E-state index contributed by atoms with van der Waals surface area (Å²) in [5.74, 6) is -0.483. The fourth-order valence-electron chi connectivity index (χ4n) is 1.51. The van der Waals surface area contributed by atoms with Gasteiger partial charge in [0.05, 0.1) is 10.6 Å². The van der Waals surface area contributed by atoms with Gasteiger partial charge in [-0.2, -0.15) is 5.26 Å². The Bertz CT molecular complexity index is 677. The summed E-state index contributed by atoms with van der Waals surface area (Å²) in [7, 11) is 0. The molecule has 94 valence electrons. The van der Waals surface area contributed by atoms with Gasteiger partial charge in [0.25, 0.3) is 0 Å². The Morgan fingerprint density at radius 1 is 1.26 bits per heavy atom. The van der Waals surface area contributed by atoms with E-state index in [0.717, 1.165) is 0 Å². The van der Waals surface area contributed by atoms with Gasteiger partial charge >= 0.3 is 5.97 Å². The van der Waals surface area contributed by atoms with Crippen molar-refractivity contribution in [1.29, 1.82) is 5.26 Å². The van der Waals surface area contributed by atoms with E-state index in [4.69, 9.17) is 26.7 Å². The van der Waals surface area contributed by atoms with Crippen LogP contribution in [-0.2, 0) is 0 Å². The maximum Gasteiger partial charge on any atom is 0.339 e. The van der Waals surface area contributed by atoms with Gasteiger partial charge in [-0.25, -0.2) is 4.79 Å². The lowest BCUT2D eigenvalue weighted by atomic mass is 10.2. The number of ether oxygens (including phenoxy) is 1. The molecule has 5 heteroatoms. The molecule has 0 aliphatic heterocycles. The van der Waals surface area contributed by atoms with Gasteiger partial charge in [0.2, 0.25) is 0 Å². The normalized spacial score (nSPS) is 9.68. The summed E-state index contributed by atoms with van der Waals surface area (Å²) in [4.78, 5) is 11.0. The summed E-state index contributed by atoms with van der Waals surface area (Å²) < 4.78 is 5.48. The standard InChI is InChI=1S/C14H8ClNO3/c15-12-7-10(6-5-9(12)8-16)19-13-4-2-1-3-11(13)14(17)18/h1-7H,(H,17,18). The Hall–Kier alpha value is -2.51. The maximum absolute atomic E-state index is 11.0. The second-order valence-corrected chi connectivity index (χ2v) is 4.06. The third-order valence-corrected chi connectivity index (χ3v) is 2.72. The van der Waals surface area contributed by atoms with Crippen LogP contribution < -0.4 is 4.74 Å². The largest absolute Gasteiger partial charge is 0.478 e. The van der Waals surface area contributed by atoms with Crippen LogP contribution in [0.2, 0.25) is 5.02 Å². The molecule has 2 aromatic rings. The average Bonchev–Trinajstić information content (AvgIpc) is 2.39. The lowest BCUT2D eigenvalue weighted by Crippen LogP contribution is -1.99. The molecule has 0 aliphatic rings. The van der Waals surface area contributed by atoms with Crippen LogP contribution in [0.3, 0.4) is 0 Å². The van der Waals surface area contributed by atoms with Crippen LogP contribution in [0.4, 0.5) is 0 Å². The third kappa shape index (κ3) is 2.84. The van der Waals surface area contributed by atoms with E-state index in [2.05, 4.69) is 0 Å². The lowest BCUT2D eigenvalue weighted by molar-refractivity contribution is 0.0694. The number of carbonyl (C=O) groups is 1. The number of nitrogens with zero attached hydrogens (tertiary/aromatic N) is 1. The number of rotatable bonds is 3. The molecular formula is C14H8ClNO3. The molecule has 0 unspecified atom stereocenters. The number of para-hydroxylation sites is 1. The van der Waals surface area contributed by atoms with Crippen LogP contribution >= 0.6 is 11.6 Å². The Kier molecular flexibility index (Phi) is 3.69. The summed E-state index contributed by atoms with van der Waals surface area (Å²) in [6.07, 6.45) is 0. The number of carboxylic acids is 1. The zero-order valence-corrected chi connectivity index (χ0v) is 10.4. The molecule has 0 radical (unpaired) electrons. The summed E-state index contributed by atoms with van der Waals surface area (Å²) >= 11 is 5.88. The fourth-order valence-corrected chi connectivity index (χ4v) is 1.72. The van der Waals surface area contributed by atoms with Crippen LogP contribution in [0.25, 0.3) is 0 Å². The summed E-state index contributed by atoms with van der Waals surface area (Å²) in [5, 5.41) is 18.1. The van der Waals surface area contributed by atoms with Gasteiger partial charge < -0.3 is 9.84 Å². The first-order valence-electron chi connectivity index (χ1n) is 5.31. The molecule has 0 fully saturated rings. The van der Waals surface area contributed by atoms with Crippen molar-refractivity contribution in [2.75, 3.05) is 0 Å². The van der Waals surface area contributed by atoms with E-state index >= 15 is 0 Å². The topological polar surface area (TPSA) is 70.3 Å². The summed E-state index contributed by atoms with van der Waals surface area (Å²) in [5.41, 5.74) is 0.392. The highest BCUT2D eigenvalue weighted by atomic mass is 35.5. The van der Waals surface area contributed by atoms with E-state index in [1.807, 2.05) is 6.07 Å². The maximum atomic E-state index is 11.0. The van der Waals surface area contributed by atoms with Gasteiger partial charge in [0.15, 0.2) is 0 Å². The first kappa shape index (κ1) is 12.9. The van der Waals surface area contributed by atoms with Crippen LogP contribution in [0.15, 0.2) is 42.5 Å². The van der Waals surface area contributed by atoms with Crippen molar-refractivity contribution in [1.82, 2.24) is 0 Å². The van der Waals surface area contributed by atoms with Crippen LogP contribution in [0, 0.1) is 11.3 Å². The molecule has 0 saturated carbocycles. The second-order valence-electron chi connectivity index (χ2n) is 3.66. The van der Waals surface area contributed by atoms with Crippen molar-refractivity contribution in [3.05, 3.63) is 58.6 Å². The number of nitriles is 1. The molecule has 0 bridgehead atoms. The third-order valence-electron chi connectivity index (χ3n) is 2.41. The SMILES string of the molecule is N#Cc1ccc(Oc2ccccc2C(=O)O)cc1Cl. The van der Waals surface area contributed by atoms with Crippen molar-refractivity contribution in [2.45, 2.75) is 0 Å². The number of benzene rings is 2. The molecule has 0 saturated heterocycles. The van der Waals surface area contributed by atoms with Crippen LogP contribution in [0.1, 0.15) is 15.9 Å². The minimum Gasteiger partial charge on any atom is -0.478 e. The Morgan fingerprint density at radius 3 is 2.63 bits per heavy atom. The first-order valence-corrected chi connectivity index (χ1v) is 5.69. The monoisotopic (exact) mass is 273 g/mol. The van der Waals surface area contributed by atoms with E-state index in [9.17, 15) is 4.79 Å². The highest BCUT2D eigenvalue weighted by Gasteiger charge is 2.11. The van der Waals surface area contributed by atoms with Crippen molar-refractivity contribution in [3.8, 4) is 17.6 Å². The predicted molar refractivity (Wildman–Crippen MR) is 69.6 cm³/mol. The highest BCUT2D eigenvalue weighted by Crippen LogP contribution is 2.28. The van der Waals surface area contributed by atoms with Crippen LogP contribution in [0.5, 0.6) is 11.5 Å². The van der Waals surface area contributed by atoms with Crippen molar-refractivity contribution in [2.24, 2.45) is 0 Å². The summed E-state index contributed by atoms with van der Waals surface area (Å²) in [6.45, 7) is 0. The molecule has 1 N–H and O–H groups in total. The molecule has 2 aromatic carbocycles. The number of carboxylic acid groups (broad SMARTS) is 1. The Labute approximate surface area is 114 Å². The Balaban J connectivity index is 2.34. The van der Waals surface area contributed by atoms with E-state index in [1.54, 1.807) is 24.3 Å². The van der Waals surface area contributed by atoms with Gasteiger partial charge in [0, 0.05) is 6.07 Å². The van der Waals surface area contributed by atoms with E-state index in [0.29, 0.717) is 11.3 Å². The number of hydrogen-bond donors (Lipinski definition) is 1. The zero-order valence-electron chi connectivity index (χ0n) is 9.63. The number of hydrogen-bond acceptors (Lipinski definition) is 3. The quantitative estimate of drug-likeness (QED) is 0.925. The molecule has 2 rings (SSSR count). The van der Waals surface area contributed by atoms with Crippen molar-refractivity contribution >= 4 is 17.6 Å². The van der Waals surface area contributed by atoms with Gasteiger partial charge in [0.1, 0.15) is 23.1 Å². The van der Waals surface area contributed by atoms with E-state index < -0.39 is 5.97 Å². The number of aromatic carboxylic acids is 1. The summed E-state index contributed by atoms with van der Waals surface area (Å²) in [6, 6.07) is 12.8. The van der Waals surface area contributed by atoms with Gasteiger partial charge in [-0.1, -0.05) is 23.7 Å². The van der Waals surface area contributed by atoms with Gasteiger partial charge in [-0.05, 0) is 24.3 Å². The number of halogens is 1. The van der Waals surface area contributed by atoms with E-state index in [-0.39, 0.29) is 16.3 Å². The molecule has 4 nitrogen and oxygen atoms in total. The minimum absolute atomic E-state index is 0.0583. The smallest absolute Gasteiger partial charge is 0.339 e.